The molecule has 0 aliphatic carbocycles. The number of aromatic nitrogens is 4. The van der Waals surface area contributed by atoms with Gasteiger partial charge in [-0.05, 0) is 36.6 Å². The van der Waals surface area contributed by atoms with Crippen molar-refractivity contribution in [2.24, 2.45) is 0 Å². The summed E-state index contributed by atoms with van der Waals surface area (Å²) in [5, 5.41) is 5.65. The van der Waals surface area contributed by atoms with Crippen LogP contribution in [0.4, 0.5) is 5.82 Å². The number of carbonyl (C=O) groups is 1. The molecule has 4 rings (SSSR count). The van der Waals surface area contributed by atoms with E-state index in [2.05, 4.69) is 25.3 Å². The Morgan fingerprint density at radius 2 is 1.92 bits per heavy atom. The highest BCUT2D eigenvalue weighted by molar-refractivity contribution is 7.15. The molecule has 4 aromatic heterocycles. The van der Waals surface area contributed by atoms with E-state index in [0.29, 0.717) is 11.4 Å². The Morgan fingerprint density at radius 1 is 1.04 bits per heavy atom. The first-order chi connectivity index (χ1) is 12.2. The molecule has 0 unspecified atom stereocenters. The highest BCUT2D eigenvalue weighted by Crippen LogP contribution is 2.27. The van der Waals surface area contributed by atoms with Crippen LogP contribution in [0.1, 0.15) is 15.4 Å². The smallest absolute Gasteiger partial charge is 0.258 e. The third-order valence-corrected chi connectivity index (χ3v) is 4.58. The second-order valence-corrected chi connectivity index (χ2v) is 6.66. The summed E-state index contributed by atoms with van der Waals surface area (Å²) in [4.78, 5) is 30.2. The van der Waals surface area contributed by atoms with E-state index in [0.717, 1.165) is 26.4 Å². The minimum Gasteiger partial charge on any atom is -0.306 e. The van der Waals surface area contributed by atoms with Crippen LogP contribution in [0.15, 0.2) is 55.2 Å². The van der Waals surface area contributed by atoms with Crippen molar-refractivity contribution in [3.63, 3.8) is 0 Å². The Morgan fingerprint density at radius 3 is 2.68 bits per heavy atom. The molecule has 0 radical (unpaired) electrons. The second-order valence-electron chi connectivity index (χ2n) is 5.43. The molecule has 4 heterocycles. The number of anilines is 1. The molecule has 0 aliphatic rings. The molecule has 0 atom stereocenters. The summed E-state index contributed by atoms with van der Waals surface area (Å²) in [6.45, 7) is 1.96. The van der Waals surface area contributed by atoms with Gasteiger partial charge in [-0.25, -0.2) is 9.97 Å². The van der Waals surface area contributed by atoms with Gasteiger partial charge in [-0.2, -0.15) is 0 Å². The van der Waals surface area contributed by atoms with Crippen LogP contribution in [0.5, 0.6) is 0 Å². The van der Waals surface area contributed by atoms with Crippen molar-refractivity contribution >= 4 is 33.8 Å². The van der Waals surface area contributed by atoms with Crippen LogP contribution in [0.25, 0.3) is 21.3 Å². The summed E-state index contributed by atoms with van der Waals surface area (Å²) in [5.41, 5.74) is 1.34. The molecule has 0 bridgehead atoms. The number of hydrogen-bond donors (Lipinski definition) is 1. The number of fused-ring (bicyclic) bond motifs is 1. The van der Waals surface area contributed by atoms with E-state index in [9.17, 15) is 4.79 Å². The van der Waals surface area contributed by atoms with Crippen LogP contribution >= 0.6 is 11.3 Å². The maximum Gasteiger partial charge on any atom is 0.258 e. The van der Waals surface area contributed by atoms with Crippen molar-refractivity contribution in [1.29, 1.82) is 0 Å². The monoisotopic (exact) mass is 347 g/mol. The van der Waals surface area contributed by atoms with E-state index in [-0.39, 0.29) is 5.91 Å². The molecule has 6 nitrogen and oxygen atoms in total. The van der Waals surface area contributed by atoms with Crippen LogP contribution in [0.2, 0.25) is 0 Å². The van der Waals surface area contributed by atoms with Crippen molar-refractivity contribution in [2.75, 3.05) is 5.32 Å². The minimum atomic E-state index is -0.243. The maximum absolute atomic E-state index is 12.2. The molecule has 122 valence electrons. The Balaban J connectivity index is 1.66. The average Bonchev–Trinajstić information content (AvgIpc) is 3.08. The van der Waals surface area contributed by atoms with Crippen LogP contribution in [-0.4, -0.2) is 25.8 Å². The van der Waals surface area contributed by atoms with E-state index in [1.165, 1.54) is 6.20 Å². The minimum absolute atomic E-state index is 0.243. The SMILES string of the molecule is Cc1ncc(-c2cc3cc(NC(=O)c4cccnc4)ncc3cn2)s1. The zero-order valence-electron chi connectivity index (χ0n) is 13.3. The first-order valence-electron chi connectivity index (χ1n) is 7.59. The number of nitrogens with zero attached hydrogens (tertiary/aromatic N) is 4. The first-order valence-corrected chi connectivity index (χ1v) is 8.41. The predicted octanol–water partition coefficient (Wildman–Crippen LogP) is 3.71. The molecular weight excluding hydrogens is 334 g/mol. The van der Waals surface area contributed by atoms with Gasteiger partial charge in [0.2, 0.25) is 0 Å². The molecule has 0 aliphatic heterocycles. The molecule has 0 saturated carbocycles. The van der Waals surface area contributed by atoms with Gasteiger partial charge in [0.25, 0.3) is 5.91 Å². The molecule has 1 amide bonds. The van der Waals surface area contributed by atoms with Gasteiger partial charge in [0.05, 0.1) is 21.1 Å². The number of rotatable bonds is 3. The highest BCUT2D eigenvalue weighted by Gasteiger charge is 2.09. The number of thiazole rings is 1. The van der Waals surface area contributed by atoms with E-state index in [1.54, 1.807) is 42.1 Å². The van der Waals surface area contributed by atoms with Crippen LogP contribution in [-0.2, 0) is 0 Å². The Labute approximate surface area is 147 Å². The van der Waals surface area contributed by atoms with Gasteiger partial charge in [-0.3, -0.25) is 14.8 Å². The highest BCUT2D eigenvalue weighted by atomic mass is 32.1. The molecule has 7 heteroatoms. The molecule has 0 aromatic carbocycles. The number of hydrogen-bond acceptors (Lipinski definition) is 6. The lowest BCUT2D eigenvalue weighted by molar-refractivity contribution is 0.102. The van der Waals surface area contributed by atoms with Crippen molar-refractivity contribution in [1.82, 2.24) is 19.9 Å². The van der Waals surface area contributed by atoms with Gasteiger partial charge in [0.15, 0.2) is 0 Å². The van der Waals surface area contributed by atoms with Gasteiger partial charge in [0, 0.05) is 36.4 Å². The zero-order valence-corrected chi connectivity index (χ0v) is 14.1. The zero-order chi connectivity index (χ0) is 17.2. The van der Waals surface area contributed by atoms with Crippen LogP contribution in [0, 0.1) is 6.92 Å². The van der Waals surface area contributed by atoms with Crippen molar-refractivity contribution in [2.45, 2.75) is 6.92 Å². The summed E-state index contributed by atoms with van der Waals surface area (Å²) in [7, 11) is 0. The summed E-state index contributed by atoms with van der Waals surface area (Å²) in [6, 6.07) is 7.24. The quantitative estimate of drug-likeness (QED) is 0.611. The molecule has 1 N–H and O–H groups in total. The lowest BCUT2D eigenvalue weighted by atomic mass is 10.2. The maximum atomic E-state index is 12.2. The number of amides is 1. The molecule has 25 heavy (non-hydrogen) atoms. The van der Waals surface area contributed by atoms with E-state index < -0.39 is 0 Å². The summed E-state index contributed by atoms with van der Waals surface area (Å²) in [5.74, 6) is 0.242. The van der Waals surface area contributed by atoms with Crippen LogP contribution < -0.4 is 5.32 Å². The average molecular weight is 347 g/mol. The fourth-order valence-electron chi connectivity index (χ4n) is 2.41. The number of aryl methyl sites for hydroxylation is 1. The Kier molecular flexibility index (Phi) is 3.91. The largest absolute Gasteiger partial charge is 0.306 e. The summed E-state index contributed by atoms with van der Waals surface area (Å²) in [6.07, 6.45) is 8.44. The van der Waals surface area contributed by atoms with Crippen molar-refractivity contribution in [3.8, 4) is 10.6 Å². The van der Waals surface area contributed by atoms with Crippen molar-refractivity contribution < 1.29 is 4.79 Å². The molecule has 0 fully saturated rings. The van der Waals surface area contributed by atoms with Gasteiger partial charge in [-0.1, -0.05) is 0 Å². The number of nitrogens with one attached hydrogen (secondary N) is 1. The summed E-state index contributed by atoms with van der Waals surface area (Å²) < 4.78 is 0. The molecule has 0 spiro atoms. The third kappa shape index (κ3) is 3.22. The molecular formula is C18H13N5OS. The third-order valence-electron chi connectivity index (χ3n) is 3.64. The van der Waals surface area contributed by atoms with Gasteiger partial charge in [-0.15, -0.1) is 11.3 Å². The van der Waals surface area contributed by atoms with E-state index in [4.69, 9.17) is 0 Å². The molecule has 4 aromatic rings. The topological polar surface area (TPSA) is 80.7 Å². The fourth-order valence-corrected chi connectivity index (χ4v) is 3.15. The Hall–Kier alpha value is -3.19. The van der Waals surface area contributed by atoms with Gasteiger partial charge >= 0.3 is 0 Å². The molecule has 0 saturated heterocycles. The van der Waals surface area contributed by atoms with Crippen molar-refractivity contribution in [3.05, 3.63) is 65.8 Å². The van der Waals surface area contributed by atoms with E-state index >= 15 is 0 Å². The lowest BCUT2D eigenvalue weighted by Gasteiger charge is -2.06. The number of carbonyl (C=O) groups excluding carboxylic acids is 1. The van der Waals surface area contributed by atoms with Gasteiger partial charge in [0.1, 0.15) is 5.82 Å². The Bertz CT molecular complexity index is 1060. The first kappa shape index (κ1) is 15.3. The predicted molar refractivity (Wildman–Crippen MR) is 97.6 cm³/mol. The lowest BCUT2D eigenvalue weighted by Crippen LogP contribution is -2.12. The summed E-state index contributed by atoms with van der Waals surface area (Å²) >= 11 is 1.60. The normalized spacial score (nSPS) is 10.8. The number of pyridine rings is 3. The standard InChI is InChI=1S/C18H13N5OS/c1-11-20-10-16(25-11)15-5-13-6-17(22-9-14(13)8-21-15)23-18(24)12-3-2-4-19-7-12/h2-10H,1H3,(H,22,23,24). The second kappa shape index (κ2) is 6.37. The van der Waals surface area contributed by atoms with Crippen LogP contribution in [0.3, 0.4) is 0 Å². The van der Waals surface area contributed by atoms with E-state index in [1.807, 2.05) is 25.3 Å². The fraction of sp³-hybridized carbons (Fsp3) is 0.0556. The van der Waals surface area contributed by atoms with Gasteiger partial charge < -0.3 is 5.32 Å².